The molecule has 0 saturated heterocycles. The van der Waals surface area contributed by atoms with Crippen molar-refractivity contribution in [3.05, 3.63) is 78.9 Å². The Bertz CT molecular complexity index is 490. The molecule has 0 unspecified atom stereocenters. The van der Waals surface area contributed by atoms with Gasteiger partial charge in [-0.1, -0.05) is 17.7 Å². The van der Waals surface area contributed by atoms with Crippen LogP contribution in [0.25, 0.3) is 11.1 Å². The van der Waals surface area contributed by atoms with Gasteiger partial charge in [0, 0.05) is 0 Å². The zero-order valence-electron chi connectivity index (χ0n) is 9.81. The van der Waals surface area contributed by atoms with E-state index in [9.17, 15) is 0 Å². The van der Waals surface area contributed by atoms with Gasteiger partial charge in [0.25, 0.3) is 0 Å². The monoisotopic (exact) mass is 278 g/mol. The van der Waals surface area contributed by atoms with Gasteiger partial charge in [-0.3, -0.25) is 0 Å². The van der Waals surface area contributed by atoms with Crippen molar-refractivity contribution in [2.45, 2.75) is 0 Å². The Morgan fingerprint density at radius 1 is 0.778 bits per heavy atom. The van der Waals surface area contributed by atoms with Crippen molar-refractivity contribution in [1.82, 2.24) is 0 Å². The van der Waals surface area contributed by atoms with Crippen molar-refractivity contribution in [2.75, 3.05) is 0 Å². The summed E-state index contributed by atoms with van der Waals surface area (Å²) in [6.07, 6.45) is 0. The molecule has 0 atom stereocenters. The van der Waals surface area contributed by atoms with Gasteiger partial charge in [-0.2, -0.15) is 42.0 Å². The number of phenols is 1. The predicted octanol–water partition coefficient (Wildman–Crippen LogP) is 4.18. The standard InChI is InChI=1S/C11H9O.C5H5.Fe/c12-11-7-5-10(6-8-11)9-3-1-2-4-9;1-2-4-5-3-1;/h1-8,12H;1-5H;/q2*-1;+2. The van der Waals surface area contributed by atoms with E-state index in [-0.39, 0.29) is 17.1 Å². The van der Waals surface area contributed by atoms with Crippen LogP contribution in [0.3, 0.4) is 0 Å². The average Bonchev–Trinajstić information content (AvgIpc) is 3.06. The van der Waals surface area contributed by atoms with E-state index in [4.69, 9.17) is 5.11 Å². The van der Waals surface area contributed by atoms with Gasteiger partial charge in [-0.05, 0) is 12.1 Å². The summed E-state index contributed by atoms with van der Waals surface area (Å²) < 4.78 is 0. The van der Waals surface area contributed by atoms with E-state index in [1.54, 1.807) is 12.1 Å². The first-order valence-corrected chi connectivity index (χ1v) is 5.54. The first-order valence-electron chi connectivity index (χ1n) is 5.54. The summed E-state index contributed by atoms with van der Waals surface area (Å²) in [5, 5.41) is 9.05. The summed E-state index contributed by atoms with van der Waals surface area (Å²) in [6, 6.07) is 25.3. The van der Waals surface area contributed by atoms with Gasteiger partial charge in [-0.15, -0.1) is 6.07 Å². The SMILES string of the molecule is Oc1ccc(-c2ccc[cH-]2)cc1.[Fe+2].c1cc[cH-]c1. The van der Waals surface area contributed by atoms with Crippen LogP contribution in [0.4, 0.5) is 0 Å². The Kier molecular flexibility index (Phi) is 5.99. The summed E-state index contributed by atoms with van der Waals surface area (Å²) in [6.45, 7) is 0. The Hall–Kier alpha value is -1.76. The largest absolute Gasteiger partial charge is 2.00 e. The molecular formula is C16H14FeO. The minimum Gasteiger partial charge on any atom is -0.508 e. The second kappa shape index (κ2) is 7.54. The van der Waals surface area contributed by atoms with Crippen LogP contribution in [-0.2, 0) is 17.1 Å². The Balaban J connectivity index is 0.000000230. The van der Waals surface area contributed by atoms with E-state index in [2.05, 4.69) is 0 Å². The van der Waals surface area contributed by atoms with Gasteiger partial charge >= 0.3 is 17.1 Å². The van der Waals surface area contributed by atoms with Crippen molar-refractivity contribution in [1.29, 1.82) is 0 Å². The Morgan fingerprint density at radius 2 is 1.44 bits per heavy atom. The topological polar surface area (TPSA) is 20.2 Å². The van der Waals surface area contributed by atoms with Crippen molar-refractivity contribution in [3.8, 4) is 16.9 Å². The summed E-state index contributed by atoms with van der Waals surface area (Å²) in [5.74, 6) is 0.310. The quantitative estimate of drug-likeness (QED) is 0.523. The van der Waals surface area contributed by atoms with Crippen LogP contribution < -0.4 is 0 Å². The summed E-state index contributed by atoms with van der Waals surface area (Å²) in [7, 11) is 0. The zero-order valence-corrected chi connectivity index (χ0v) is 10.9. The zero-order chi connectivity index (χ0) is 11.9. The third-order valence-electron chi connectivity index (χ3n) is 2.42. The molecule has 0 radical (unpaired) electrons. The van der Waals surface area contributed by atoms with E-state index in [0.717, 1.165) is 5.56 Å². The minimum absolute atomic E-state index is 0. The normalized spacial score (nSPS) is 8.89. The van der Waals surface area contributed by atoms with E-state index in [0.29, 0.717) is 5.75 Å². The third-order valence-corrected chi connectivity index (χ3v) is 2.42. The second-order valence-electron chi connectivity index (χ2n) is 3.68. The molecular weight excluding hydrogens is 264 g/mol. The van der Waals surface area contributed by atoms with Crippen LogP contribution in [0.15, 0.2) is 78.9 Å². The maximum atomic E-state index is 9.05. The minimum atomic E-state index is 0. The molecule has 0 bridgehead atoms. The van der Waals surface area contributed by atoms with Crippen LogP contribution in [0, 0.1) is 0 Å². The number of hydrogen-bond acceptors (Lipinski definition) is 1. The summed E-state index contributed by atoms with van der Waals surface area (Å²) in [5.41, 5.74) is 2.33. The second-order valence-corrected chi connectivity index (χ2v) is 3.68. The van der Waals surface area contributed by atoms with Gasteiger partial charge < -0.3 is 5.11 Å². The average molecular weight is 278 g/mol. The fourth-order valence-corrected chi connectivity index (χ4v) is 1.54. The van der Waals surface area contributed by atoms with Crippen LogP contribution in [-0.4, -0.2) is 5.11 Å². The molecule has 2 heteroatoms. The molecule has 18 heavy (non-hydrogen) atoms. The fourth-order valence-electron chi connectivity index (χ4n) is 1.54. The van der Waals surface area contributed by atoms with Crippen LogP contribution in [0.2, 0.25) is 0 Å². The first kappa shape index (κ1) is 14.3. The molecule has 1 nitrogen and oxygen atoms in total. The van der Waals surface area contributed by atoms with Gasteiger partial charge in [0.05, 0.1) is 0 Å². The van der Waals surface area contributed by atoms with Gasteiger partial charge in [0.1, 0.15) is 5.75 Å². The summed E-state index contributed by atoms with van der Waals surface area (Å²) in [4.78, 5) is 0. The third kappa shape index (κ3) is 4.25. The molecule has 3 aromatic carbocycles. The molecule has 1 N–H and O–H groups in total. The van der Waals surface area contributed by atoms with E-state index in [1.807, 2.05) is 66.7 Å². The predicted molar refractivity (Wildman–Crippen MR) is 71.2 cm³/mol. The molecule has 0 aliphatic rings. The van der Waals surface area contributed by atoms with Crippen LogP contribution >= 0.6 is 0 Å². The smallest absolute Gasteiger partial charge is 0.508 e. The van der Waals surface area contributed by atoms with Gasteiger partial charge in [0.2, 0.25) is 0 Å². The molecule has 0 aromatic heterocycles. The number of phenolic OH excluding ortho intramolecular Hbond substituents is 1. The van der Waals surface area contributed by atoms with Gasteiger partial charge in [0.15, 0.2) is 0 Å². The van der Waals surface area contributed by atoms with Crippen LogP contribution in [0.5, 0.6) is 5.75 Å². The van der Waals surface area contributed by atoms with Gasteiger partial charge in [-0.25, -0.2) is 12.1 Å². The van der Waals surface area contributed by atoms with Crippen molar-refractivity contribution in [2.24, 2.45) is 0 Å². The molecule has 3 aromatic rings. The molecule has 0 fully saturated rings. The van der Waals surface area contributed by atoms with E-state index >= 15 is 0 Å². The number of benzene rings is 1. The number of rotatable bonds is 1. The molecule has 92 valence electrons. The Labute approximate surface area is 118 Å². The molecule has 0 aliphatic carbocycles. The van der Waals surface area contributed by atoms with E-state index < -0.39 is 0 Å². The molecule has 0 heterocycles. The molecule has 3 rings (SSSR count). The van der Waals surface area contributed by atoms with Crippen molar-refractivity contribution in [3.63, 3.8) is 0 Å². The maximum absolute atomic E-state index is 9.05. The van der Waals surface area contributed by atoms with E-state index in [1.165, 1.54) is 5.56 Å². The number of aromatic hydroxyl groups is 1. The summed E-state index contributed by atoms with van der Waals surface area (Å²) >= 11 is 0. The van der Waals surface area contributed by atoms with Crippen LogP contribution in [0.1, 0.15) is 0 Å². The maximum Gasteiger partial charge on any atom is 2.00 e. The first-order chi connectivity index (χ1) is 8.36. The number of hydrogen-bond donors (Lipinski definition) is 1. The fraction of sp³-hybridized carbons (Fsp3) is 0. The molecule has 0 amide bonds. The Morgan fingerprint density at radius 3 is 1.89 bits per heavy atom. The van der Waals surface area contributed by atoms with Crippen molar-refractivity contribution >= 4 is 0 Å². The molecule has 0 aliphatic heterocycles. The molecule has 0 spiro atoms. The molecule has 0 saturated carbocycles. The van der Waals surface area contributed by atoms with Crippen molar-refractivity contribution < 1.29 is 22.2 Å².